The zero-order valence-corrected chi connectivity index (χ0v) is 9.02. The van der Waals surface area contributed by atoms with Crippen molar-refractivity contribution in [2.75, 3.05) is 20.3 Å². The van der Waals surface area contributed by atoms with Crippen molar-refractivity contribution in [2.24, 2.45) is 0 Å². The van der Waals surface area contributed by atoms with Crippen molar-refractivity contribution in [2.45, 2.75) is 39.2 Å². The van der Waals surface area contributed by atoms with Crippen LogP contribution in [-0.4, -0.2) is 26.3 Å². The zero-order valence-electron chi connectivity index (χ0n) is 9.02. The molecule has 0 fully saturated rings. The van der Waals surface area contributed by atoms with Gasteiger partial charge in [-0.3, -0.25) is 0 Å². The first kappa shape index (κ1) is 12.5. The van der Waals surface area contributed by atoms with Crippen LogP contribution in [0.15, 0.2) is 0 Å². The topological polar surface area (TPSA) is 21.3 Å². The van der Waals surface area contributed by atoms with Crippen LogP contribution in [0.5, 0.6) is 0 Å². The molecular weight excluding hydrogens is 162 g/mol. The molecule has 2 heteroatoms. The van der Waals surface area contributed by atoms with Crippen LogP contribution in [0.25, 0.3) is 0 Å². The molecule has 0 aromatic rings. The molecule has 76 valence electrons. The molecule has 0 radical (unpaired) electrons. The van der Waals surface area contributed by atoms with Gasteiger partial charge >= 0.3 is 0 Å². The van der Waals surface area contributed by atoms with E-state index in [-0.39, 0.29) is 0 Å². The Balaban J connectivity index is 3.57. The van der Waals surface area contributed by atoms with E-state index in [1.165, 1.54) is 0 Å². The van der Waals surface area contributed by atoms with E-state index in [1.807, 2.05) is 6.92 Å². The quantitative estimate of drug-likeness (QED) is 0.480. The SMILES string of the molecule is CC#CCC(CCCOC)NCC. The second kappa shape index (κ2) is 9.57. The van der Waals surface area contributed by atoms with Crippen molar-refractivity contribution in [3.05, 3.63) is 0 Å². The molecular formula is C11H21NO. The van der Waals surface area contributed by atoms with Crippen molar-refractivity contribution in [1.82, 2.24) is 5.32 Å². The van der Waals surface area contributed by atoms with Crippen LogP contribution in [0.2, 0.25) is 0 Å². The Morgan fingerprint density at radius 2 is 2.23 bits per heavy atom. The molecule has 0 rings (SSSR count). The van der Waals surface area contributed by atoms with Crippen LogP contribution < -0.4 is 5.32 Å². The second-order valence-corrected chi connectivity index (χ2v) is 3.02. The molecule has 0 heterocycles. The third kappa shape index (κ3) is 7.83. The second-order valence-electron chi connectivity index (χ2n) is 3.02. The van der Waals surface area contributed by atoms with Gasteiger partial charge in [-0.15, -0.1) is 11.8 Å². The summed E-state index contributed by atoms with van der Waals surface area (Å²) in [4.78, 5) is 0. The number of nitrogens with one attached hydrogen (secondary N) is 1. The van der Waals surface area contributed by atoms with Gasteiger partial charge in [-0.1, -0.05) is 6.92 Å². The average molecular weight is 183 g/mol. The summed E-state index contributed by atoms with van der Waals surface area (Å²) in [5.41, 5.74) is 0. The number of hydrogen-bond donors (Lipinski definition) is 1. The summed E-state index contributed by atoms with van der Waals surface area (Å²) in [6.07, 6.45) is 3.21. The largest absolute Gasteiger partial charge is 0.385 e. The van der Waals surface area contributed by atoms with Gasteiger partial charge in [-0.25, -0.2) is 0 Å². The third-order valence-electron chi connectivity index (χ3n) is 1.92. The summed E-state index contributed by atoms with van der Waals surface area (Å²) in [6.45, 7) is 5.88. The Kier molecular flexibility index (Phi) is 9.18. The third-order valence-corrected chi connectivity index (χ3v) is 1.92. The normalized spacial score (nSPS) is 11.9. The lowest BCUT2D eigenvalue weighted by molar-refractivity contribution is 0.189. The molecule has 13 heavy (non-hydrogen) atoms. The Morgan fingerprint density at radius 3 is 2.77 bits per heavy atom. The molecule has 0 bridgehead atoms. The first-order valence-corrected chi connectivity index (χ1v) is 4.97. The molecule has 0 aromatic carbocycles. The maximum Gasteiger partial charge on any atom is 0.0462 e. The fourth-order valence-corrected chi connectivity index (χ4v) is 1.26. The monoisotopic (exact) mass is 183 g/mol. The molecule has 0 spiro atoms. The van der Waals surface area contributed by atoms with Gasteiger partial charge in [-0.2, -0.15) is 0 Å². The minimum atomic E-state index is 0.535. The lowest BCUT2D eigenvalue weighted by Crippen LogP contribution is -2.28. The summed E-state index contributed by atoms with van der Waals surface area (Å²) in [5, 5.41) is 3.42. The van der Waals surface area contributed by atoms with Crippen molar-refractivity contribution in [1.29, 1.82) is 0 Å². The first-order chi connectivity index (χ1) is 6.35. The van der Waals surface area contributed by atoms with Crippen molar-refractivity contribution < 1.29 is 4.74 Å². The molecule has 1 N–H and O–H groups in total. The summed E-state index contributed by atoms with van der Waals surface area (Å²) in [7, 11) is 1.74. The molecule has 0 aromatic heterocycles. The van der Waals surface area contributed by atoms with Gasteiger partial charge in [0.1, 0.15) is 0 Å². The summed E-state index contributed by atoms with van der Waals surface area (Å²) in [5.74, 6) is 6.03. The molecule has 0 aliphatic heterocycles. The van der Waals surface area contributed by atoms with E-state index in [0.717, 1.165) is 32.4 Å². The number of rotatable bonds is 7. The number of methoxy groups -OCH3 is 1. The highest BCUT2D eigenvalue weighted by Gasteiger charge is 2.03. The van der Waals surface area contributed by atoms with Gasteiger partial charge in [0.2, 0.25) is 0 Å². The van der Waals surface area contributed by atoms with Gasteiger partial charge in [-0.05, 0) is 26.3 Å². The van der Waals surface area contributed by atoms with Crippen LogP contribution in [0.4, 0.5) is 0 Å². The van der Waals surface area contributed by atoms with Crippen LogP contribution >= 0.6 is 0 Å². The van der Waals surface area contributed by atoms with Crippen LogP contribution in [0.1, 0.15) is 33.1 Å². The Hall–Kier alpha value is -0.520. The van der Waals surface area contributed by atoms with Crippen molar-refractivity contribution in [3.8, 4) is 11.8 Å². The molecule has 0 saturated heterocycles. The molecule has 0 aliphatic rings. The highest BCUT2D eigenvalue weighted by molar-refractivity contribution is 4.98. The molecule has 2 nitrogen and oxygen atoms in total. The predicted molar refractivity (Wildman–Crippen MR) is 56.6 cm³/mol. The Labute approximate surface area is 82.1 Å². The van der Waals surface area contributed by atoms with E-state index in [2.05, 4.69) is 24.1 Å². The van der Waals surface area contributed by atoms with Gasteiger partial charge < -0.3 is 10.1 Å². The predicted octanol–water partition coefficient (Wildman–Crippen LogP) is 1.80. The fourth-order valence-electron chi connectivity index (χ4n) is 1.26. The molecule has 1 unspecified atom stereocenters. The highest BCUT2D eigenvalue weighted by atomic mass is 16.5. The van der Waals surface area contributed by atoms with Gasteiger partial charge in [0.25, 0.3) is 0 Å². The van der Waals surface area contributed by atoms with E-state index < -0.39 is 0 Å². The summed E-state index contributed by atoms with van der Waals surface area (Å²) >= 11 is 0. The summed E-state index contributed by atoms with van der Waals surface area (Å²) in [6, 6.07) is 0.535. The lowest BCUT2D eigenvalue weighted by Gasteiger charge is -2.14. The minimum Gasteiger partial charge on any atom is -0.385 e. The lowest BCUT2D eigenvalue weighted by atomic mass is 10.1. The van der Waals surface area contributed by atoms with Gasteiger partial charge in [0.05, 0.1) is 0 Å². The van der Waals surface area contributed by atoms with Crippen LogP contribution in [0.3, 0.4) is 0 Å². The standard InChI is InChI=1S/C11H21NO/c1-4-6-8-11(12-5-2)9-7-10-13-3/h11-12H,5,7-10H2,1-3H3. The molecule has 0 aliphatic carbocycles. The van der Waals surface area contributed by atoms with Crippen LogP contribution in [-0.2, 0) is 4.74 Å². The van der Waals surface area contributed by atoms with E-state index in [9.17, 15) is 0 Å². The van der Waals surface area contributed by atoms with Gasteiger partial charge in [0.15, 0.2) is 0 Å². The maximum atomic E-state index is 5.01. The zero-order chi connectivity index (χ0) is 9.94. The Bertz CT molecular complexity index is 157. The first-order valence-electron chi connectivity index (χ1n) is 4.97. The Morgan fingerprint density at radius 1 is 1.46 bits per heavy atom. The van der Waals surface area contributed by atoms with E-state index in [0.29, 0.717) is 6.04 Å². The van der Waals surface area contributed by atoms with Crippen molar-refractivity contribution in [3.63, 3.8) is 0 Å². The number of hydrogen-bond acceptors (Lipinski definition) is 2. The van der Waals surface area contributed by atoms with Gasteiger partial charge in [0, 0.05) is 26.2 Å². The maximum absolute atomic E-state index is 5.01. The van der Waals surface area contributed by atoms with E-state index in [4.69, 9.17) is 4.74 Å². The molecule has 0 amide bonds. The van der Waals surface area contributed by atoms with Crippen molar-refractivity contribution >= 4 is 0 Å². The minimum absolute atomic E-state index is 0.535. The highest BCUT2D eigenvalue weighted by Crippen LogP contribution is 2.01. The molecule has 1 atom stereocenters. The van der Waals surface area contributed by atoms with Crippen LogP contribution in [0, 0.1) is 11.8 Å². The van der Waals surface area contributed by atoms with E-state index >= 15 is 0 Å². The smallest absolute Gasteiger partial charge is 0.0462 e. The number of ether oxygens (including phenoxy) is 1. The fraction of sp³-hybridized carbons (Fsp3) is 0.818. The molecule has 0 saturated carbocycles. The average Bonchev–Trinajstić information content (AvgIpc) is 2.14. The van der Waals surface area contributed by atoms with E-state index in [1.54, 1.807) is 7.11 Å². The summed E-state index contributed by atoms with van der Waals surface area (Å²) < 4.78 is 5.01.